The number of nitrogens with one attached hydrogen (secondary N) is 1. The molecule has 7 nitrogen and oxygen atoms in total. The van der Waals surface area contributed by atoms with Gasteiger partial charge in [0.15, 0.2) is 5.96 Å². The molecule has 1 aromatic heterocycles. The molecule has 0 atom stereocenters. The first-order valence-corrected chi connectivity index (χ1v) is 10.7. The van der Waals surface area contributed by atoms with Crippen LogP contribution in [0.1, 0.15) is 51.2 Å². The lowest BCUT2D eigenvalue weighted by Gasteiger charge is -2.21. The Kier molecular flexibility index (Phi) is 9.22. The molecule has 2 amide bonds. The summed E-state index contributed by atoms with van der Waals surface area (Å²) < 4.78 is 0. The van der Waals surface area contributed by atoms with Crippen molar-refractivity contribution in [1.29, 1.82) is 0 Å². The van der Waals surface area contributed by atoms with Gasteiger partial charge in [0.1, 0.15) is 0 Å². The van der Waals surface area contributed by atoms with E-state index in [-0.39, 0.29) is 35.8 Å². The Morgan fingerprint density at radius 2 is 1.87 bits per heavy atom. The van der Waals surface area contributed by atoms with E-state index >= 15 is 0 Å². The number of carbonyl (C=O) groups is 2. The molecule has 0 unspecified atom stereocenters. The summed E-state index contributed by atoms with van der Waals surface area (Å²) in [5.41, 5.74) is 2.04. The summed E-state index contributed by atoms with van der Waals surface area (Å²) in [6, 6.07) is 6.99. The van der Waals surface area contributed by atoms with Crippen molar-refractivity contribution >= 4 is 53.1 Å². The Morgan fingerprint density at radius 1 is 1.20 bits per heavy atom. The number of imide groups is 1. The maximum absolute atomic E-state index is 12.4. The molecule has 0 saturated carbocycles. The monoisotopic (exact) mass is 541 g/mol. The second-order valence-electron chi connectivity index (χ2n) is 6.96. The zero-order valence-corrected chi connectivity index (χ0v) is 20.7. The zero-order chi connectivity index (χ0) is 20.8. The van der Waals surface area contributed by atoms with Gasteiger partial charge in [-0.15, -0.1) is 35.3 Å². The van der Waals surface area contributed by atoms with Crippen LogP contribution in [0.4, 0.5) is 0 Å². The van der Waals surface area contributed by atoms with Crippen molar-refractivity contribution in [2.24, 2.45) is 4.99 Å². The number of unbranched alkanes of at least 4 members (excludes halogenated alkanes) is 1. The fourth-order valence-electron chi connectivity index (χ4n) is 3.28. The van der Waals surface area contributed by atoms with Crippen LogP contribution < -0.4 is 5.32 Å². The van der Waals surface area contributed by atoms with E-state index in [9.17, 15) is 9.59 Å². The molecule has 0 radical (unpaired) electrons. The van der Waals surface area contributed by atoms with E-state index in [0.717, 1.165) is 36.0 Å². The number of carbonyl (C=O) groups excluding carboxylic acids is 2. The van der Waals surface area contributed by atoms with Crippen molar-refractivity contribution in [3.05, 3.63) is 51.5 Å². The highest BCUT2D eigenvalue weighted by molar-refractivity contribution is 14.0. The van der Waals surface area contributed by atoms with Crippen LogP contribution >= 0.6 is 35.3 Å². The molecule has 30 heavy (non-hydrogen) atoms. The third kappa shape index (κ3) is 5.78. The number of guanidine groups is 1. The van der Waals surface area contributed by atoms with Gasteiger partial charge in [0.2, 0.25) is 0 Å². The molecule has 9 heteroatoms. The molecule has 1 N–H and O–H groups in total. The van der Waals surface area contributed by atoms with Gasteiger partial charge in [-0.05, 0) is 38.8 Å². The molecule has 1 aliphatic rings. The number of thiazole rings is 1. The molecule has 0 fully saturated rings. The van der Waals surface area contributed by atoms with Crippen molar-refractivity contribution in [1.82, 2.24) is 20.1 Å². The lowest BCUT2D eigenvalue weighted by atomic mass is 10.1. The Bertz CT molecular complexity index is 879. The molecule has 162 valence electrons. The van der Waals surface area contributed by atoms with E-state index in [4.69, 9.17) is 0 Å². The van der Waals surface area contributed by atoms with Crippen LogP contribution in [0.15, 0.2) is 34.6 Å². The topological polar surface area (TPSA) is 77.9 Å². The van der Waals surface area contributed by atoms with Crippen LogP contribution in [-0.2, 0) is 6.54 Å². The molecular weight excluding hydrogens is 513 g/mol. The minimum atomic E-state index is -0.194. The average Bonchev–Trinajstić information content (AvgIpc) is 3.22. The zero-order valence-electron chi connectivity index (χ0n) is 17.6. The number of rotatable bonds is 8. The molecule has 0 aliphatic carbocycles. The summed E-state index contributed by atoms with van der Waals surface area (Å²) in [6.45, 7) is 6.58. The normalized spacial score (nSPS) is 13.3. The van der Waals surface area contributed by atoms with Crippen LogP contribution in [0, 0.1) is 6.92 Å². The number of fused-ring (bicyclic) bond motifs is 1. The quantitative estimate of drug-likeness (QED) is 0.182. The molecule has 1 aliphatic heterocycles. The summed E-state index contributed by atoms with van der Waals surface area (Å²) in [7, 11) is 2.00. The van der Waals surface area contributed by atoms with Crippen LogP contribution in [0.5, 0.6) is 0 Å². The van der Waals surface area contributed by atoms with E-state index in [1.54, 1.807) is 35.6 Å². The third-order valence-corrected chi connectivity index (χ3v) is 5.51. The fraction of sp³-hybridized carbons (Fsp3) is 0.429. The minimum Gasteiger partial charge on any atom is -0.357 e. The van der Waals surface area contributed by atoms with E-state index in [1.165, 1.54) is 4.90 Å². The predicted octanol–water partition coefficient (Wildman–Crippen LogP) is 3.54. The summed E-state index contributed by atoms with van der Waals surface area (Å²) >= 11 is 1.65. The molecule has 0 saturated heterocycles. The highest BCUT2D eigenvalue weighted by Crippen LogP contribution is 2.22. The lowest BCUT2D eigenvalue weighted by molar-refractivity contribution is 0.0652. The van der Waals surface area contributed by atoms with E-state index in [0.29, 0.717) is 30.8 Å². The third-order valence-electron chi connectivity index (χ3n) is 4.69. The fourth-order valence-corrected chi connectivity index (χ4v) is 3.88. The second kappa shape index (κ2) is 11.4. The van der Waals surface area contributed by atoms with Gasteiger partial charge in [-0.2, -0.15) is 0 Å². The van der Waals surface area contributed by atoms with Gasteiger partial charge < -0.3 is 10.2 Å². The van der Waals surface area contributed by atoms with Crippen molar-refractivity contribution in [2.75, 3.05) is 26.7 Å². The molecule has 2 aromatic rings. The largest absolute Gasteiger partial charge is 0.357 e. The molecule has 0 spiro atoms. The number of hydrogen-bond acceptors (Lipinski definition) is 5. The first-order valence-electron chi connectivity index (χ1n) is 9.87. The van der Waals surface area contributed by atoms with Crippen molar-refractivity contribution in [2.45, 2.75) is 33.2 Å². The Hall–Kier alpha value is -2.01. The lowest BCUT2D eigenvalue weighted by Crippen LogP contribution is -2.38. The SMILES string of the molecule is CCNC(=NCCCCN1C(=O)c2ccccc2C1=O)N(C)Cc1csc(C)n1.I. The van der Waals surface area contributed by atoms with Crippen LogP contribution in [-0.4, -0.2) is 59.2 Å². The molecule has 0 bridgehead atoms. The maximum Gasteiger partial charge on any atom is 0.261 e. The summed E-state index contributed by atoms with van der Waals surface area (Å²) in [5, 5.41) is 6.43. The number of halogens is 1. The summed E-state index contributed by atoms with van der Waals surface area (Å²) in [4.78, 5) is 37.4. The predicted molar refractivity (Wildman–Crippen MR) is 131 cm³/mol. The molecule has 1 aromatic carbocycles. The smallest absolute Gasteiger partial charge is 0.261 e. The molecule has 2 heterocycles. The highest BCUT2D eigenvalue weighted by Gasteiger charge is 2.34. The van der Waals surface area contributed by atoms with E-state index in [2.05, 4.69) is 25.6 Å². The molecule has 3 rings (SSSR count). The van der Waals surface area contributed by atoms with Gasteiger partial charge in [0.05, 0.1) is 28.4 Å². The number of aromatic nitrogens is 1. The summed E-state index contributed by atoms with van der Waals surface area (Å²) in [6.07, 6.45) is 1.52. The Balaban J connectivity index is 0.00000320. The van der Waals surface area contributed by atoms with E-state index in [1.807, 2.05) is 20.9 Å². The first kappa shape index (κ1) is 24.3. The highest BCUT2D eigenvalue weighted by atomic mass is 127. The van der Waals surface area contributed by atoms with Gasteiger partial charge in [0, 0.05) is 32.1 Å². The van der Waals surface area contributed by atoms with Crippen LogP contribution in [0.3, 0.4) is 0 Å². The van der Waals surface area contributed by atoms with Crippen molar-refractivity contribution in [3.8, 4) is 0 Å². The second-order valence-corrected chi connectivity index (χ2v) is 8.03. The number of benzene rings is 1. The average molecular weight is 541 g/mol. The number of nitrogens with zero attached hydrogens (tertiary/aromatic N) is 4. The molecular formula is C21H28IN5O2S. The van der Waals surface area contributed by atoms with Crippen LogP contribution in [0.25, 0.3) is 0 Å². The van der Waals surface area contributed by atoms with Crippen molar-refractivity contribution in [3.63, 3.8) is 0 Å². The van der Waals surface area contributed by atoms with E-state index < -0.39 is 0 Å². The van der Waals surface area contributed by atoms with Gasteiger partial charge in [-0.3, -0.25) is 19.5 Å². The maximum atomic E-state index is 12.4. The van der Waals surface area contributed by atoms with Gasteiger partial charge in [-0.25, -0.2) is 4.98 Å². The van der Waals surface area contributed by atoms with Gasteiger partial charge >= 0.3 is 0 Å². The number of aliphatic imine (C=N–C) groups is 1. The van der Waals surface area contributed by atoms with Gasteiger partial charge in [0.25, 0.3) is 11.8 Å². The Morgan fingerprint density at radius 3 is 2.43 bits per heavy atom. The first-order chi connectivity index (χ1) is 14.0. The standard InChI is InChI=1S/C21H27N5O2S.HI/c1-4-22-21(25(3)13-16-14-29-15(2)24-16)23-11-7-8-12-26-19(27)17-9-5-6-10-18(17)20(26)28;/h5-6,9-10,14H,4,7-8,11-13H2,1-3H3,(H,22,23);1H. The number of hydrogen-bond donors (Lipinski definition) is 1. The minimum absolute atomic E-state index is 0. The Labute approximate surface area is 198 Å². The van der Waals surface area contributed by atoms with Crippen molar-refractivity contribution < 1.29 is 9.59 Å². The van der Waals surface area contributed by atoms with Crippen LogP contribution in [0.2, 0.25) is 0 Å². The summed E-state index contributed by atoms with van der Waals surface area (Å²) in [5.74, 6) is 0.445. The van der Waals surface area contributed by atoms with Gasteiger partial charge in [-0.1, -0.05) is 12.1 Å². The number of aryl methyl sites for hydroxylation is 1. The number of amides is 2.